The molecule has 4 rings (SSSR count). The largest absolute Gasteiger partial charge is 0.507 e. The molecule has 0 aliphatic carbocycles. The Bertz CT molecular complexity index is 1340. The Kier molecular flexibility index (Phi) is 6.37. The van der Waals surface area contributed by atoms with Crippen LogP contribution >= 0.6 is 0 Å². The number of benzene rings is 3. The van der Waals surface area contributed by atoms with Gasteiger partial charge >= 0.3 is 0 Å². The van der Waals surface area contributed by atoms with Gasteiger partial charge in [-0.15, -0.1) is 0 Å². The van der Waals surface area contributed by atoms with Gasteiger partial charge in [-0.25, -0.2) is 15.0 Å². The molecule has 0 saturated heterocycles. The lowest BCUT2D eigenvalue weighted by Crippen LogP contribution is -2.01. The van der Waals surface area contributed by atoms with Crippen LogP contribution in [0.5, 0.6) is 23.0 Å². The lowest BCUT2D eigenvalue weighted by Gasteiger charge is -2.14. The van der Waals surface area contributed by atoms with Crippen molar-refractivity contribution < 1.29 is 19.3 Å². The summed E-state index contributed by atoms with van der Waals surface area (Å²) in [6, 6.07) is 19.9. The van der Waals surface area contributed by atoms with Crippen LogP contribution in [-0.2, 0) is 0 Å². The molecule has 7 heteroatoms. The second-order valence-corrected chi connectivity index (χ2v) is 6.85. The fourth-order valence-corrected chi connectivity index (χ4v) is 3.24. The van der Waals surface area contributed by atoms with Gasteiger partial charge in [0.2, 0.25) is 5.75 Å². The minimum atomic E-state index is 0.0724. The molecule has 1 N–H and O–H groups in total. The Balaban J connectivity index is 1.96. The summed E-state index contributed by atoms with van der Waals surface area (Å²) in [5.74, 6) is 5.15. The van der Waals surface area contributed by atoms with Crippen LogP contribution in [0.15, 0.2) is 66.7 Å². The van der Waals surface area contributed by atoms with Crippen LogP contribution in [0.25, 0.3) is 34.2 Å². The Hall–Kier alpha value is -4.57. The number of phenolic OH excluding ortho intramolecular Hbond substituents is 1. The minimum Gasteiger partial charge on any atom is -0.507 e. The molecule has 3 aromatic carbocycles. The summed E-state index contributed by atoms with van der Waals surface area (Å²) in [5, 5.41) is 10.4. The molecule has 4 aromatic rings. The van der Waals surface area contributed by atoms with Gasteiger partial charge in [-0.3, -0.25) is 0 Å². The van der Waals surface area contributed by atoms with E-state index in [1.807, 2.05) is 36.4 Å². The Morgan fingerprint density at radius 2 is 1.36 bits per heavy atom. The fraction of sp³-hybridized carbons (Fsp3) is 0.115. The van der Waals surface area contributed by atoms with Crippen molar-refractivity contribution in [3.05, 3.63) is 66.7 Å². The quantitative estimate of drug-likeness (QED) is 0.425. The Labute approximate surface area is 191 Å². The summed E-state index contributed by atoms with van der Waals surface area (Å²) in [6.45, 7) is 1.67. The molecule has 1 aromatic heterocycles. The summed E-state index contributed by atoms with van der Waals surface area (Å²) in [7, 11) is 3.06. The van der Waals surface area contributed by atoms with Gasteiger partial charge < -0.3 is 19.3 Å². The number of methoxy groups -OCH3 is 2. The van der Waals surface area contributed by atoms with Crippen LogP contribution in [0, 0.1) is 12.0 Å². The smallest absolute Gasteiger partial charge is 0.205 e. The average Bonchev–Trinajstić information content (AvgIpc) is 2.87. The van der Waals surface area contributed by atoms with Crippen molar-refractivity contribution in [2.24, 2.45) is 0 Å². The minimum absolute atomic E-state index is 0.0724. The molecule has 7 nitrogen and oxygen atoms in total. The van der Waals surface area contributed by atoms with E-state index in [4.69, 9.17) is 14.2 Å². The van der Waals surface area contributed by atoms with Gasteiger partial charge in [-0.05, 0) is 24.3 Å². The highest BCUT2D eigenvalue weighted by Crippen LogP contribution is 2.41. The number of hydrogen-bond donors (Lipinski definition) is 1. The van der Waals surface area contributed by atoms with Gasteiger partial charge in [-0.2, -0.15) is 0 Å². The first-order chi connectivity index (χ1) is 16.1. The van der Waals surface area contributed by atoms with E-state index < -0.39 is 0 Å². The average molecular weight is 439 g/mol. The van der Waals surface area contributed by atoms with Crippen molar-refractivity contribution in [3.63, 3.8) is 0 Å². The molecular weight excluding hydrogens is 418 g/mol. The summed E-state index contributed by atoms with van der Waals surface area (Å²) >= 11 is 0. The molecule has 0 spiro atoms. The van der Waals surface area contributed by atoms with Crippen molar-refractivity contribution in [2.75, 3.05) is 14.2 Å². The highest BCUT2D eigenvalue weighted by atomic mass is 16.5. The first-order valence-electron chi connectivity index (χ1n) is 10.1. The number of phenols is 1. The van der Waals surface area contributed by atoms with Crippen molar-refractivity contribution >= 4 is 0 Å². The number of nitrogens with zero attached hydrogens (tertiary/aromatic N) is 3. The first kappa shape index (κ1) is 21.7. The van der Waals surface area contributed by atoms with Crippen LogP contribution in [-0.4, -0.2) is 34.3 Å². The first-order valence-corrected chi connectivity index (χ1v) is 10.1. The van der Waals surface area contributed by atoms with Gasteiger partial charge in [0.1, 0.15) is 11.9 Å². The molecule has 0 fully saturated rings. The fourth-order valence-electron chi connectivity index (χ4n) is 3.24. The second kappa shape index (κ2) is 9.71. The van der Waals surface area contributed by atoms with Crippen molar-refractivity contribution in [2.45, 2.75) is 6.92 Å². The molecule has 0 aliphatic rings. The normalized spacial score (nSPS) is 10.2. The number of hydrogen-bond acceptors (Lipinski definition) is 7. The molecule has 33 heavy (non-hydrogen) atoms. The number of para-hydroxylation sites is 1. The predicted octanol–water partition coefficient (Wildman–Crippen LogP) is 4.96. The third-order valence-corrected chi connectivity index (χ3v) is 4.78. The highest BCUT2D eigenvalue weighted by molar-refractivity contribution is 5.72. The second-order valence-electron chi connectivity index (χ2n) is 6.85. The third kappa shape index (κ3) is 4.55. The Morgan fingerprint density at radius 3 is 2.03 bits per heavy atom. The number of rotatable bonds is 6. The van der Waals surface area contributed by atoms with Crippen LogP contribution < -0.4 is 14.2 Å². The van der Waals surface area contributed by atoms with Gasteiger partial charge in [0.05, 0.1) is 19.8 Å². The number of ether oxygens (including phenoxy) is 3. The maximum Gasteiger partial charge on any atom is 0.205 e. The summed E-state index contributed by atoms with van der Waals surface area (Å²) in [4.78, 5) is 13.9. The van der Waals surface area contributed by atoms with Crippen molar-refractivity contribution in [3.8, 4) is 69.2 Å². The summed E-state index contributed by atoms with van der Waals surface area (Å²) in [6.07, 6.45) is 2.58. The predicted molar refractivity (Wildman–Crippen MR) is 125 cm³/mol. The standard InChI is InChI=1S/C26H21N3O4/c1-4-14-33-22-16-18(15-21(31-2)23(22)32-3)25-27-24(17-10-6-5-7-11-17)28-26(29-25)19-12-8-9-13-20(19)30/h5-13,15-16,30H,1-3H3. The molecule has 0 amide bonds. The van der Waals surface area contributed by atoms with Crippen LogP contribution in [0.4, 0.5) is 0 Å². The summed E-state index contributed by atoms with van der Waals surface area (Å²) < 4.78 is 16.5. The molecule has 0 unspecified atom stereocenters. The van der Waals surface area contributed by atoms with Gasteiger partial charge in [0, 0.05) is 18.1 Å². The lowest BCUT2D eigenvalue weighted by atomic mass is 10.1. The van der Waals surface area contributed by atoms with Crippen molar-refractivity contribution in [1.29, 1.82) is 0 Å². The van der Waals surface area contributed by atoms with E-state index in [1.165, 1.54) is 14.2 Å². The van der Waals surface area contributed by atoms with Crippen LogP contribution in [0.1, 0.15) is 6.92 Å². The molecular formula is C26H21N3O4. The van der Waals surface area contributed by atoms with E-state index in [9.17, 15) is 5.11 Å². The van der Waals surface area contributed by atoms with Gasteiger partial charge in [-0.1, -0.05) is 48.4 Å². The molecule has 0 atom stereocenters. The van der Waals surface area contributed by atoms with E-state index in [-0.39, 0.29) is 5.75 Å². The van der Waals surface area contributed by atoms with E-state index in [1.54, 1.807) is 37.3 Å². The number of aromatic hydroxyl groups is 1. The number of aromatic nitrogens is 3. The zero-order chi connectivity index (χ0) is 23.2. The zero-order valence-corrected chi connectivity index (χ0v) is 18.4. The maximum absolute atomic E-state index is 10.4. The lowest BCUT2D eigenvalue weighted by molar-refractivity contribution is 0.340. The van der Waals surface area contributed by atoms with E-state index in [0.717, 1.165) is 5.56 Å². The monoisotopic (exact) mass is 439 g/mol. The molecule has 0 radical (unpaired) electrons. The topological polar surface area (TPSA) is 86.6 Å². The van der Waals surface area contributed by atoms with Crippen LogP contribution in [0.3, 0.4) is 0 Å². The molecule has 0 aliphatic heterocycles. The summed E-state index contributed by atoms with van der Waals surface area (Å²) in [5.41, 5.74) is 1.91. The van der Waals surface area contributed by atoms with Gasteiger partial charge in [0.15, 0.2) is 29.0 Å². The third-order valence-electron chi connectivity index (χ3n) is 4.78. The molecule has 0 saturated carbocycles. The molecule has 164 valence electrons. The highest BCUT2D eigenvalue weighted by Gasteiger charge is 2.19. The molecule has 0 bridgehead atoms. The molecule has 1 heterocycles. The maximum atomic E-state index is 10.4. The Morgan fingerprint density at radius 1 is 0.727 bits per heavy atom. The van der Waals surface area contributed by atoms with Crippen LogP contribution in [0.2, 0.25) is 0 Å². The van der Waals surface area contributed by atoms with Gasteiger partial charge in [0.25, 0.3) is 0 Å². The zero-order valence-electron chi connectivity index (χ0n) is 18.4. The van der Waals surface area contributed by atoms with E-state index >= 15 is 0 Å². The van der Waals surface area contributed by atoms with Crippen molar-refractivity contribution in [1.82, 2.24) is 15.0 Å². The SMILES string of the molecule is CC#COc1cc(-c2nc(-c3ccccc3)nc(-c3ccccc3O)n2)cc(OC)c1OC. The van der Waals surface area contributed by atoms with E-state index in [0.29, 0.717) is 45.8 Å². The van der Waals surface area contributed by atoms with E-state index in [2.05, 4.69) is 27.0 Å².